The third-order valence-electron chi connectivity index (χ3n) is 2.32. The molecule has 4 nitrogen and oxygen atoms in total. The van der Waals surface area contributed by atoms with Crippen molar-refractivity contribution in [2.45, 2.75) is 6.61 Å². The zero-order valence-electron chi connectivity index (χ0n) is 9.26. The Kier molecular flexibility index (Phi) is 3.30. The molecule has 1 heterocycles. The lowest BCUT2D eigenvalue weighted by molar-refractivity contribution is 0.111. The Labute approximate surface area is 97.6 Å². The van der Waals surface area contributed by atoms with Gasteiger partial charge in [-0.1, -0.05) is 0 Å². The number of carbonyl (C=O) groups is 1. The van der Waals surface area contributed by atoms with Crippen molar-refractivity contribution in [3.63, 3.8) is 0 Å². The standard InChI is InChI=1S/C12H11FN2O2/c1-17-8-12-9(7-16)6-15(14-12)11-4-2-10(13)3-5-11/h2-7H,8H2,1H3. The van der Waals surface area contributed by atoms with Gasteiger partial charge in [0.15, 0.2) is 6.29 Å². The normalized spacial score (nSPS) is 10.5. The molecule has 0 aliphatic rings. The van der Waals surface area contributed by atoms with E-state index in [4.69, 9.17) is 4.74 Å². The van der Waals surface area contributed by atoms with Crippen LogP contribution < -0.4 is 0 Å². The number of hydrogen-bond acceptors (Lipinski definition) is 3. The molecule has 0 saturated heterocycles. The van der Waals surface area contributed by atoms with E-state index in [-0.39, 0.29) is 12.4 Å². The van der Waals surface area contributed by atoms with Crippen molar-refractivity contribution in [3.8, 4) is 5.69 Å². The molecule has 0 radical (unpaired) electrons. The lowest BCUT2D eigenvalue weighted by Gasteiger charge is -2.00. The molecule has 0 amide bonds. The Morgan fingerprint density at radius 2 is 2.12 bits per heavy atom. The molecule has 0 N–H and O–H groups in total. The fourth-order valence-electron chi connectivity index (χ4n) is 1.50. The first-order valence-electron chi connectivity index (χ1n) is 5.03. The summed E-state index contributed by atoms with van der Waals surface area (Å²) in [7, 11) is 1.53. The van der Waals surface area contributed by atoms with Crippen molar-refractivity contribution in [1.82, 2.24) is 9.78 Å². The summed E-state index contributed by atoms with van der Waals surface area (Å²) in [4.78, 5) is 10.8. The van der Waals surface area contributed by atoms with E-state index in [0.717, 1.165) is 6.29 Å². The lowest BCUT2D eigenvalue weighted by atomic mass is 10.3. The average molecular weight is 234 g/mol. The van der Waals surface area contributed by atoms with E-state index in [1.165, 1.54) is 23.9 Å². The van der Waals surface area contributed by atoms with Gasteiger partial charge < -0.3 is 4.74 Å². The molecule has 5 heteroatoms. The molecule has 0 spiro atoms. The second-order valence-electron chi connectivity index (χ2n) is 3.50. The van der Waals surface area contributed by atoms with Crippen molar-refractivity contribution in [3.05, 3.63) is 47.5 Å². The first-order valence-corrected chi connectivity index (χ1v) is 5.03. The largest absolute Gasteiger partial charge is 0.378 e. The maximum atomic E-state index is 12.8. The molecule has 17 heavy (non-hydrogen) atoms. The molecule has 0 unspecified atom stereocenters. The monoisotopic (exact) mass is 234 g/mol. The van der Waals surface area contributed by atoms with Crippen LogP contribution in [0.5, 0.6) is 0 Å². The van der Waals surface area contributed by atoms with Crippen LogP contribution in [-0.2, 0) is 11.3 Å². The van der Waals surface area contributed by atoms with Crippen LogP contribution in [0.15, 0.2) is 30.5 Å². The van der Waals surface area contributed by atoms with E-state index in [0.29, 0.717) is 16.9 Å². The van der Waals surface area contributed by atoms with Crippen LogP contribution in [0.25, 0.3) is 5.69 Å². The third kappa shape index (κ3) is 2.39. The molecule has 0 fully saturated rings. The summed E-state index contributed by atoms with van der Waals surface area (Å²) in [5.41, 5.74) is 1.72. The number of hydrogen-bond donors (Lipinski definition) is 0. The zero-order chi connectivity index (χ0) is 12.3. The van der Waals surface area contributed by atoms with Gasteiger partial charge in [0.05, 0.1) is 23.6 Å². The SMILES string of the molecule is COCc1nn(-c2ccc(F)cc2)cc1C=O. The van der Waals surface area contributed by atoms with Crippen LogP contribution in [0.2, 0.25) is 0 Å². The Bertz CT molecular complexity index is 520. The quantitative estimate of drug-likeness (QED) is 0.760. The number of ether oxygens (including phenoxy) is 1. The molecule has 0 bridgehead atoms. The number of halogens is 1. The second kappa shape index (κ2) is 4.88. The molecule has 2 aromatic rings. The zero-order valence-corrected chi connectivity index (χ0v) is 9.26. The highest BCUT2D eigenvalue weighted by Crippen LogP contribution is 2.12. The molecule has 88 valence electrons. The number of methoxy groups -OCH3 is 1. The van der Waals surface area contributed by atoms with E-state index in [2.05, 4.69) is 5.10 Å². The van der Waals surface area contributed by atoms with Crippen LogP contribution in [0.3, 0.4) is 0 Å². The van der Waals surface area contributed by atoms with Crippen LogP contribution in [0.1, 0.15) is 16.1 Å². The highest BCUT2D eigenvalue weighted by molar-refractivity contribution is 5.76. The van der Waals surface area contributed by atoms with Gasteiger partial charge >= 0.3 is 0 Å². The number of carbonyl (C=O) groups excluding carboxylic acids is 1. The highest BCUT2D eigenvalue weighted by Gasteiger charge is 2.08. The summed E-state index contributed by atoms with van der Waals surface area (Å²) in [5.74, 6) is -0.311. The number of rotatable bonds is 4. The number of aromatic nitrogens is 2. The third-order valence-corrected chi connectivity index (χ3v) is 2.32. The van der Waals surface area contributed by atoms with Gasteiger partial charge in [-0.2, -0.15) is 5.10 Å². The molecule has 0 atom stereocenters. The van der Waals surface area contributed by atoms with Crippen molar-refractivity contribution in [1.29, 1.82) is 0 Å². The van der Waals surface area contributed by atoms with Crippen LogP contribution in [0.4, 0.5) is 4.39 Å². The fraction of sp³-hybridized carbons (Fsp3) is 0.167. The van der Waals surface area contributed by atoms with E-state index >= 15 is 0 Å². The topological polar surface area (TPSA) is 44.1 Å². The van der Waals surface area contributed by atoms with Gasteiger partial charge in [0.1, 0.15) is 5.82 Å². The lowest BCUT2D eigenvalue weighted by Crippen LogP contribution is -1.97. The van der Waals surface area contributed by atoms with Crippen molar-refractivity contribution >= 4 is 6.29 Å². The van der Waals surface area contributed by atoms with Crippen molar-refractivity contribution < 1.29 is 13.9 Å². The number of aldehydes is 1. The van der Waals surface area contributed by atoms with Crippen molar-refractivity contribution in [2.75, 3.05) is 7.11 Å². The van der Waals surface area contributed by atoms with Crippen LogP contribution >= 0.6 is 0 Å². The Morgan fingerprint density at radius 1 is 1.41 bits per heavy atom. The molecule has 0 saturated carbocycles. The average Bonchev–Trinajstić information content (AvgIpc) is 2.74. The highest BCUT2D eigenvalue weighted by atomic mass is 19.1. The van der Waals surface area contributed by atoms with Gasteiger partial charge in [0, 0.05) is 13.3 Å². The first-order chi connectivity index (χ1) is 8.24. The smallest absolute Gasteiger partial charge is 0.153 e. The number of nitrogens with zero attached hydrogens (tertiary/aromatic N) is 2. The minimum Gasteiger partial charge on any atom is -0.378 e. The molecular weight excluding hydrogens is 223 g/mol. The van der Waals surface area contributed by atoms with E-state index in [9.17, 15) is 9.18 Å². The van der Waals surface area contributed by atoms with E-state index in [1.807, 2.05) is 0 Å². The summed E-state index contributed by atoms with van der Waals surface area (Å²) < 4.78 is 19.2. The Morgan fingerprint density at radius 3 is 2.71 bits per heavy atom. The maximum absolute atomic E-state index is 12.8. The predicted molar refractivity (Wildman–Crippen MR) is 59.6 cm³/mol. The summed E-state index contributed by atoms with van der Waals surface area (Å²) in [6.07, 6.45) is 2.32. The summed E-state index contributed by atoms with van der Waals surface area (Å²) in [6, 6.07) is 5.86. The maximum Gasteiger partial charge on any atom is 0.153 e. The van der Waals surface area contributed by atoms with Gasteiger partial charge in [-0.05, 0) is 24.3 Å². The summed E-state index contributed by atoms with van der Waals surface area (Å²) in [6.45, 7) is 0.266. The van der Waals surface area contributed by atoms with E-state index < -0.39 is 0 Å². The van der Waals surface area contributed by atoms with Crippen LogP contribution in [0, 0.1) is 5.82 Å². The van der Waals surface area contributed by atoms with Crippen molar-refractivity contribution in [2.24, 2.45) is 0 Å². The first kappa shape index (κ1) is 11.5. The van der Waals surface area contributed by atoms with Gasteiger partial charge in [0.25, 0.3) is 0 Å². The fourth-order valence-corrected chi connectivity index (χ4v) is 1.50. The molecule has 1 aromatic heterocycles. The molecule has 0 aliphatic heterocycles. The molecular formula is C12H11FN2O2. The second-order valence-corrected chi connectivity index (χ2v) is 3.50. The summed E-state index contributed by atoms with van der Waals surface area (Å²) in [5, 5.41) is 4.21. The minimum absolute atomic E-state index is 0.266. The number of benzene rings is 1. The van der Waals surface area contributed by atoms with Gasteiger partial charge in [-0.3, -0.25) is 4.79 Å². The predicted octanol–water partition coefficient (Wildman–Crippen LogP) is 1.97. The van der Waals surface area contributed by atoms with Gasteiger partial charge in [0.2, 0.25) is 0 Å². The Hall–Kier alpha value is -2.01. The molecule has 0 aliphatic carbocycles. The molecule has 1 aromatic carbocycles. The Balaban J connectivity index is 2.38. The summed E-state index contributed by atoms with van der Waals surface area (Å²) >= 11 is 0. The van der Waals surface area contributed by atoms with Gasteiger partial charge in [-0.15, -0.1) is 0 Å². The van der Waals surface area contributed by atoms with E-state index in [1.54, 1.807) is 18.3 Å². The molecule has 2 rings (SSSR count). The van der Waals surface area contributed by atoms with Crippen LogP contribution in [-0.4, -0.2) is 23.2 Å². The van der Waals surface area contributed by atoms with Gasteiger partial charge in [-0.25, -0.2) is 9.07 Å². The minimum atomic E-state index is -0.311.